The van der Waals surface area contributed by atoms with Crippen molar-refractivity contribution in [3.8, 4) is 0 Å². The first-order valence-electron chi connectivity index (χ1n) is 8.21. The molecule has 3 rings (SSSR count). The molecule has 1 aliphatic heterocycles. The molecule has 2 aromatic rings. The van der Waals surface area contributed by atoms with Crippen LogP contribution in [0.5, 0.6) is 0 Å². The van der Waals surface area contributed by atoms with Crippen LogP contribution in [0, 0.1) is 0 Å². The van der Waals surface area contributed by atoms with Gasteiger partial charge in [0.1, 0.15) is 0 Å². The molecule has 140 valence electrons. The van der Waals surface area contributed by atoms with Crippen LogP contribution >= 0.6 is 35.5 Å². The van der Waals surface area contributed by atoms with Crippen LogP contribution < -0.4 is 10.6 Å². The maximum Gasteiger partial charge on any atom is 0.253 e. The summed E-state index contributed by atoms with van der Waals surface area (Å²) in [5.41, 5.74) is 1.36. The molecule has 2 amide bonds. The SMILES string of the molecule is CC1CN(C(=O)c2ccc(NC(=O)CSc3cccs3)cc2)CCN1.Cl. The van der Waals surface area contributed by atoms with Crippen molar-refractivity contribution in [2.75, 3.05) is 30.7 Å². The maximum atomic E-state index is 12.5. The van der Waals surface area contributed by atoms with E-state index in [4.69, 9.17) is 0 Å². The minimum atomic E-state index is -0.0478. The van der Waals surface area contributed by atoms with Gasteiger partial charge in [0.05, 0.1) is 9.96 Å². The molecular weight excluding hydrogens is 390 g/mol. The number of carbonyl (C=O) groups excluding carboxylic acids is 2. The third kappa shape index (κ3) is 5.74. The van der Waals surface area contributed by atoms with Crippen molar-refractivity contribution in [2.45, 2.75) is 17.2 Å². The molecule has 0 bridgehead atoms. The molecule has 1 unspecified atom stereocenters. The second kappa shape index (κ2) is 9.97. The van der Waals surface area contributed by atoms with Crippen molar-refractivity contribution in [1.29, 1.82) is 0 Å². The van der Waals surface area contributed by atoms with E-state index in [9.17, 15) is 9.59 Å². The third-order valence-corrected chi connectivity index (χ3v) is 6.04. The van der Waals surface area contributed by atoms with Gasteiger partial charge in [-0.2, -0.15) is 0 Å². The van der Waals surface area contributed by atoms with Gasteiger partial charge in [-0.3, -0.25) is 9.59 Å². The average molecular weight is 412 g/mol. The van der Waals surface area contributed by atoms with E-state index in [-0.39, 0.29) is 24.2 Å². The molecule has 0 aliphatic carbocycles. The van der Waals surface area contributed by atoms with Gasteiger partial charge in [0.15, 0.2) is 0 Å². The standard InChI is InChI=1S/C18H21N3O2S2.ClH/c1-13-11-21(9-8-19-13)18(23)14-4-6-15(7-5-14)20-16(22)12-25-17-3-2-10-24-17;/h2-7,10,13,19H,8-9,11-12H2,1H3,(H,20,22);1H. The lowest BCUT2D eigenvalue weighted by Gasteiger charge is -2.32. The Kier molecular flexibility index (Phi) is 7.96. The Bertz CT molecular complexity index is 723. The summed E-state index contributed by atoms with van der Waals surface area (Å²) in [4.78, 5) is 26.4. The Morgan fingerprint density at radius 1 is 1.31 bits per heavy atom. The molecule has 0 spiro atoms. The Hall–Kier alpha value is -1.54. The molecule has 1 aromatic heterocycles. The zero-order valence-electron chi connectivity index (χ0n) is 14.4. The van der Waals surface area contributed by atoms with Gasteiger partial charge in [0, 0.05) is 36.9 Å². The largest absolute Gasteiger partial charge is 0.336 e. The number of thioether (sulfide) groups is 1. The van der Waals surface area contributed by atoms with Gasteiger partial charge in [-0.05, 0) is 42.6 Å². The summed E-state index contributed by atoms with van der Waals surface area (Å²) in [5.74, 6) is 0.368. The summed E-state index contributed by atoms with van der Waals surface area (Å²) in [6.45, 7) is 4.34. The fourth-order valence-corrected chi connectivity index (χ4v) is 4.26. The summed E-state index contributed by atoms with van der Waals surface area (Å²) in [6, 6.07) is 11.4. The van der Waals surface area contributed by atoms with E-state index < -0.39 is 0 Å². The molecule has 1 fully saturated rings. The van der Waals surface area contributed by atoms with Crippen LogP contribution in [-0.4, -0.2) is 48.1 Å². The van der Waals surface area contributed by atoms with Gasteiger partial charge in [0.2, 0.25) is 5.91 Å². The number of rotatable bonds is 5. The van der Waals surface area contributed by atoms with Crippen LogP contribution in [-0.2, 0) is 4.79 Å². The Morgan fingerprint density at radius 2 is 2.08 bits per heavy atom. The van der Waals surface area contributed by atoms with Crippen LogP contribution in [0.3, 0.4) is 0 Å². The first-order chi connectivity index (χ1) is 12.1. The average Bonchev–Trinajstić information content (AvgIpc) is 3.14. The van der Waals surface area contributed by atoms with Crippen molar-refractivity contribution in [3.05, 3.63) is 47.3 Å². The van der Waals surface area contributed by atoms with E-state index in [2.05, 4.69) is 17.6 Å². The molecule has 0 radical (unpaired) electrons. The second-order valence-electron chi connectivity index (χ2n) is 5.95. The first-order valence-corrected chi connectivity index (χ1v) is 10.1. The molecular formula is C18H22ClN3O2S2. The predicted molar refractivity (Wildman–Crippen MR) is 111 cm³/mol. The summed E-state index contributed by atoms with van der Waals surface area (Å²) >= 11 is 3.15. The molecule has 8 heteroatoms. The van der Waals surface area contributed by atoms with E-state index >= 15 is 0 Å². The molecule has 5 nitrogen and oxygen atoms in total. The molecule has 26 heavy (non-hydrogen) atoms. The van der Waals surface area contributed by atoms with E-state index in [1.807, 2.05) is 22.4 Å². The fraction of sp³-hybridized carbons (Fsp3) is 0.333. The molecule has 1 saturated heterocycles. The molecule has 0 saturated carbocycles. The third-order valence-electron chi connectivity index (χ3n) is 3.91. The van der Waals surface area contributed by atoms with E-state index in [1.165, 1.54) is 11.8 Å². The van der Waals surface area contributed by atoms with Crippen molar-refractivity contribution in [3.63, 3.8) is 0 Å². The number of hydrogen-bond acceptors (Lipinski definition) is 5. The Labute approximate surface area is 168 Å². The number of halogens is 1. The topological polar surface area (TPSA) is 61.4 Å². The number of nitrogens with zero attached hydrogens (tertiary/aromatic N) is 1. The van der Waals surface area contributed by atoms with E-state index in [0.717, 1.165) is 23.8 Å². The van der Waals surface area contributed by atoms with Gasteiger partial charge in [-0.1, -0.05) is 6.07 Å². The highest BCUT2D eigenvalue weighted by molar-refractivity contribution is 8.01. The highest BCUT2D eigenvalue weighted by Gasteiger charge is 2.21. The van der Waals surface area contributed by atoms with Crippen molar-refractivity contribution >= 4 is 53.0 Å². The number of anilines is 1. The smallest absolute Gasteiger partial charge is 0.253 e. The summed E-state index contributed by atoms with van der Waals surface area (Å²) in [6.07, 6.45) is 0. The lowest BCUT2D eigenvalue weighted by Crippen LogP contribution is -2.51. The monoisotopic (exact) mass is 411 g/mol. The minimum Gasteiger partial charge on any atom is -0.336 e. The first kappa shape index (κ1) is 20.8. The predicted octanol–water partition coefficient (Wildman–Crippen LogP) is 3.33. The zero-order chi connectivity index (χ0) is 17.6. The van der Waals surface area contributed by atoms with Crippen LogP contribution in [0.15, 0.2) is 46.0 Å². The fourth-order valence-electron chi connectivity index (χ4n) is 2.67. The summed E-state index contributed by atoms with van der Waals surface area (Å²) < 4.78 is 1.13. The number of carbonyl (C=O) groups is 2. The van der Waals surface area contributed by atoms with Gasteiger partial charge in [0.25, 0.3) is 5.91 Å². The van der Waals surface area contributed by atoms with Crippen LogP contribution in [0.4, 0.5) is 5.69 Å². The lowest BCUT2D eigenvalue weighted by molar-refractivity contribution is -0.113. The Balaban J connectivity index is 0.00000243. The lowest BCUT2D eigenvalue weighted by atomic mass is 10.1. The summed E-state index contributed by atoms with van der Waals surface area (Å²) in [7, 11) is 0. The van der Waals surface area contributed by atoms with Gasteiger partial charge in [-0.15, -0.1) is 35.5 Å². The molecule has 2 N–H and O–H groups in total. The highest BCUT2D eigenvalue weighted by atomic mass is 35.5. The number of hydrogen-bond donors (Lipinski definition) is 2. The van der Waals surface area contributed by atoms with Crippen LogP contribution in [0.2, 0.25) is 0 Å². The number of thiophene rings is 1. The van der Waals surface area contributed by atoms with Crippen molar-refractivity contribution in [2.24, 2.45) is 0 Å². The highest BCUT2D eigenvalue weighted by Crippen LogP contribution is 2.23. The Morgan fingerprint density at radius 3 is 2.73 bits per heavy atom. The normalized spacial score (nSPS) is 16.7. The summed E-state index contributed by atoms with van der Waals surface area (Å²) in [5, 5.41) is 8.19. The minimum absolute atomic E-state index is 0. The second-order valence-corrected chi connectivity index (χ2v) is 8.18. The molecule has 2 heterocycles. The van der Waals surface area contributed by atoms with Crippen molar-refractivity contribution < 1.29 is 9.59 Å². The number of amides is 2. The zero-order valence-corrected chi connectivity index (χ0v) is 16.9. The van der Waals surface area contributed by atoms with E-state index in [1.54, 1.807) is 35.6 Å². The number of benzene rings is 1. The van der Waals surface area contributed by atoms with Crippen LogP contribution in [0.1, 0.15) is 17.3 Å². The van der Waals surface area contributed by atoms with Crippen LogP contribution in [0.25, 0.3) is 0 Å². The van der Waals surface area contributed by atoms with Gasteiger partial charge >= 0.3 is 0 Å². The van der Waals surface area contributed by atoms with Gasteiger partial charge < -0.3 is 15.5 Å². The molecule has 1 atom stereocenters. The van der Waals surface area contributed by atoms with E-state index in [0.29, 0.717) is 23.0 Å². The van der Waals surface area contributed by atoms with Crippen molar-refractivity contribution in [1.82, 2.24) is 10.2 Å². The number of nitrogens with one attached hydrogen (secondary N) is 2. The number of piperazine rings is 1. The maximum absolute atomic E-state index is 12.5. The quantitative estimate of drug-likeness (QED) is 0.741. The molecule has 1 aliphatic rings. The van der Waals surface area contributed by atoms with Gasteiger partial charge in [-0.25, -0.2) is 0 Å². The molecule has 1 aromatic carbocycles.